The Hall–Kier alpha value is -1.40. The molecule has 0 amide bonds. The standard InChI is InChI=1S/C9H8N2O2S2/c1-13-9(12)8-6(10)7(11-15-8)5-3-2-4-14-5/h2-4H,10H2,1H3. The summed E-state index contributed by atoms with van der Waals surface area (Å²) in [6.07, 6.45) is 0. The number of nitrogens with two attached hydrogens (primary N) is 1. The van der Waals surface area contributed by atoms with Crippen molar-refractivity contribution in [3.8, 4) is 10.6 Å². The van der Waals surface area contributed by atoms with E-state index < -0.39 is 5.97 Å². The molecule has 0 spiro atoms. The first-order chi connectivity index (χ1) is 7.24. The van der Waals surface area contributed by atoms with Gasteiger partial charge < -0.3 is 10.5 Å². The van der Waals surface area contributed by atoms with E-state index in [4.69, 9.17) is 5.73 Å². The van der Waals surface area contributed by atoms with E-state index in [1.807, 2.05) is 17.5 Å². The molecule has 0 unspecified atom stereocenters. The molecule has 0 saturated heterocycles. The number of thiophene rings is 1. The van der Waals surface area contributed by atoms with Gasteiger partial charge in [0.25, 0.3) is 0 Å². The number of carbonyl (C=O) groups is 1. The van der Waals surface area contributed by atoms with Crippen molar-refractivity contribution in [1.29, 1.82) is 0 Å². The minimum atomic E-state index is -0.437. The Bertz CT molecular complexity index is 476. The van der Waals surface area contributed by atoms with Gasteiger partial charge in [-0.15, -0.1) is 11.3 Å². The van der Waals surface area contributed by atoms with Crippen molar-refractivity contribution in [2.75, 3.05) is 12.8 Å². The Balaban J connectivity index is 2.45. The van der Waals surface area contributed by atoms with Crippen LogP contribution in [-0.4, -0.2) is 17.5 Å². The van der Waals surface area contributed by atoms with Gasteiger partial charge in [0.1, 0.15) is 5.69 Å². The molecule has 0 aliphatic heterocycles. The van der Waals surface area contributed by atoms with Gasteiger partial charge in [0.2, 0.25) is 0 Å². The van der Waals surface area contributed by atoms with Crippen molar-refractivity contribution in [2.24, 2.45) is 0 Å². The summed E-state index contributed by atoms with van der Waals surface area (Å²) in [4.78, 5) is 12.6. The molecule has 0 fully saturated rings. The average Bonchev–Trinajstić information content (AvgIpc) is 2.85. The Morgan fingerprint density at radius 2 is 2.40 bits per heavy atom. The fraction of sp³-hybridized carbons (Fsp3) is 0.111. The lowest BCUT2D eigenvalue weighted by atomic mass is 10.3. The second kappa shape index (κ2) is 4.00. The van der Waals surface area contributed by atoms with Crippen LogP contribution in [-0.2, 0) is 4.74 Å². The largest absolute Gasteiger partial charge is 0.465 e. The lowest BCUT2D eigenvalue weighted by molar-refractivity contribution is 0.0607. The molecule has 0 aromatic carbocycles. The molecular weight excluding hydrogens is 232 g/mol. The van der Waals surface area contributed by atoms with E-state index in [9.17, 15) is 4.79 Å². The number of ether oxygens (including phenoxy) is 1. The van der Waals surface area contributed by atoms with Gasteiger partial charge in [-0.3, -0.25) is 0 Å². The molecule has 2 rings (SSSR count). The summed E-state index contributed by atoms with van der Waals surface area (Å²) in [5.74, 6) is -0.437. The van der Waals surface area contributed by atoms with Crippen LogP contribution < -0.4 is 5.73 Å². The third kappa shape index (κ3) is 1.73. The Morgan fingerprint density at radius 3 is 3.00 bits per heavy atom. The highest BCUT2D eigenvalue weighted by molar-refractivity contribution is 7.14. The summed E-state index contributed by atoms with van der Waals surface area (Å²) >= 11 is 2.60. The predicted octanol–water partition coefficient (Wildman–Crippen LogP) is 2.24. The number of nitrogens with zero attached hydrogens (tertiary/aromatic N) is 1. The highest BCUT2D eigenvalue weighted by atomic mass is 32.1. The van der Waals surface area contributed by atoms with E-state index in [2.05, 4.69) is 9.11 Å². The molecule has 0 saturated carbocycles. The van der Waals surface area contributed by atoms with E-state index >= 15 is 0 Å². The first-order valence-corrected chi connectivity index (χ1v) is 5.76. The number of nitrogen functional groups attached to an aromatic ring is 1. The van der Waals surface area contributed by atoms with Gasteiger partial charge in [0.15, 0.2) is 4.88 Å². The van der Waals surface area contributed by atoms with Crippen molar-refractivity contribution in [2.45, 2.75) is 0 Å². The summed E-state index contributed by atoms with van der Waals surface area (Å²) in [5, 5.41) is 1.94. The molecule has 0 bridgehead atoms. The number of methoxy groups -OCH3 is 1. The minimum Gasteiger partial charge on any atom is -0.465 e. The maximum Gasteiger partial charge on any atom is 0.351 e. The second-order valence-corrected chi connectivity index (χ2v) is 4.46. The fourth-order valence-corrected chi connectivity index (χ4v) is 2.65. The average molecular weight is 240 g/mol. The number of aromatic nitrogens is 1. The van der Waals surface area contributed by atoms with Crippen LogP contribution in [0.5, 0.6) is 0 Å². The van der Waals surface area contributed by atoms with Gasteiger partial charge in [0, 0.05) is 0 Å². The van der Waals surface area contributed by atoms with E-state index in [0.717, 1.165) is 16.4 Å². The zero-order valence-electron chi connectivity index (χ0n) is 7.89. The zero-order chi connectivity index (χ0) is 10.8. The molecule has 4 nitrogen and oxygen atoms in total. The van der Waals surface area contributed by atoms with Gasteiger partial charge in [-0.25, -0.2) is 4.79 Å². The number of rotatable bonds is 2. The zero-order valence-corrected chi connectivity index (χ0v) is 9.52. The molecule has 0 atom stereocenters. The molecule has 2 aromatic heterocycles. The van der Waals surface area contributed by atoms with Gasteiger partial charge >= 0.3 is 5.97 Å². The molecule has 6 heteroatoms. The normalized spacial score (nSPS) is 10.2. The summed E-state index contributed by atoms with van der Waals surface area (Å²) in [5.41, 5.74) is 6.88. The van der Waals surface area contributed by atoms with E-state index in [1.165, 1.54) is 18.4 Å². The van der Waals surface area contributed by atoms with E-state index in [0.29, 0.717) is 16.3 Å². The van der Waals surface area contributed by atoms with Crippen LogP contribution in [0.25, 0.3) is 10.6 Å². The summed E-state index contributed by atoms with van der Waals surface area (Å²) in [6.45, 7) is 0. The third-order valence-electron chi connectivity index (χ3n) is 1.85. The monoisotopic (exact) mass is 240 g/mol. The first kappa shape index (κ1) is 10.1. The van der Waals surface area contributed by atoms with Gasteiger partial charge in [-0.1, -0.05) is 6.07 Å². The number of esters is 1. The molecule has 0 radical (unpaired) electrons. The predicted molar refractivity (Wildman–Crippen MR) is 61.2 cm³/mol. The van der Waals surface area contributed by atoms with Crippen LogP contribution in [0, 0.1) is 0 Å². The molecule has 78 valence electrons. The third-order valence-corrected chi connectivity index (χ3v) is 3.57. The molecule has 2 heterocycles. The van der Waals surface area contributed by atoms with Crippen LogP contribution in [0.1, 0.15) is 9.67 Å². The minimum absolute atomic E-state index is 0.362. The number of carbonyl (C=O) groups excluding carboxylic acids is 1. The van der Waals surface area contributed by atoms with Crippen molar-refractivity contribution in [3.05, 3.63) is 22.4 Å². The first-order valence-electron chi connectivity index (χ1n) is 4.11. The van der Waals surface area contributed by atoms with Crippen LogP contribution in [0.15, 0.2) is 17.5 Å². The molecule has 15 heavy (non-hydrogen) atoms. The SMILES string of the molecule is COC(=O)c1snc(-c2cccs2)c1N. The maximum absolute atomic E-state index is 11.3. The Kier molecular flexibility index (Phi) is 2.70. The molecule has 2 N–H and O–H groups in total. The van der Waals surface area contributed by atoms with Crippen molar-refractivity contribution >= 4 is 34.5 Å². The van der Waals surface area contributed by atoms with Crippen LogP contribution in [0.3, 0.4) is 0 Å². The molecular formula is C9H8N2O2S2. The van der Waals surface area contributed by atoms with E-state index in [1.54, 1.807) is 0 Å². The Labute approximate surface area is 94.5 Å². The van der Waals surface area contributed by atoms with E-state index in [-0.39, 0.29) is 0 Å². The summed E-state index contributed by atoms with van der Waals surface area (Å²) in [7, 11) is 1.33. The van der Waals surface area contributed by atoms with Gasteiger partial charge in [-0.05, 0) is 23.0 Å². The quantitative estimate of drug-likeness (QED) is 0.817. The lowest BCUT2D eigenvalue weighted by Gasteiger charge is -1.96. The molecule has 0 aliphatic rings. The number of hydrogen-bond donors (Lipinski definition) is 1. The number of hydrogen-bond acceptors (Lipinski definition) is 6. The van der Waals surface area contributed by atoms with Crippen LogP contribution in [0.2, 0.25) is 0 Å². The maximum atomic E-state index is 11.3. The second-order valence-electron chi connectivity index (χ2n) is 2.74. The summed E-state index contributed by atoms with van der Waals surface area (Å²) < 4.78 is 8.76. The van der Waals surface area contributed by atoms with Crippen LogP contribution in [0.4, 0.5) is 5.69 Å². The van der Waals surface area contributed by atoms with Crippen molar-refractivity contribution in [3.63, 3.8) is 0 Å². The van der Waals surface area contributed by atoms with Crippen molar-refractivity contribution < 1.29 is 9.53 Å². The van der Waals surface area contributed by atoms with Gasteiger partial charge in [0.05, 0.1) is 17.7 Å². The molecule has 2 aromatic rings. The lowest BCUT2D eigenvalue weighted by Crippen LogP contribution is -2.01. The van der Waals surface area contributed by atoms with Gasteiger partial charge in [-0.2, -0.15) is 4.37 Å². The smallest absolute Gasteiger partial charge is 0.351 e. The Morgan fingerprint density at radius 1 is 1.60 bits per heavy atom. The van der Waals surface area contributed by atoms with Crippen LogP contribution >= 0.6 is 22.9 Å². The molecule has 0 aliphatic carbocycles. The fourth-order valence-electron chi connectivity index (χ4n) is 1.13. The topological polar surface area (TPSA) is 65.2 Å². The highest BCUT2D eigenvalue weighted by Crippen LogP contribution is 2.33. The van der Waals surface area contributed by atoms with Crippen molar-refractivity contribution in [1.82, 2.24) is 4.37 Å². The number of anilines is 1. The summed E-state index contributed by atoms with van der Waals surface area (Å²) in [6, 6.07) is 3.83. The highest BCUT2D eigenvalue weighted by Gasteiger charge is 2.19.